The number of benzene rings is 1. The quantitative estimate of drug-likeness (QED) is 0.231. The van der Waals surface area contributed by atoms with E-state index in [9.17, 15) is 40.0 Å². The van der Waals surface area contributed by atoms with Gasteiger partial charge < -0.3 is 15.4 Å². The van der Waals surface area contributed by atoms with Crippen LogP contribution in [-0.2, 0) is 24.2 Å². The van der Waals surface area contributed by atoms with Crippen LogP contribution in [0, 0.1) is 35.8 Å². The monoisotopic (exact) mass is 589 g/mol. The van der Waals surface area contributed by atoms with Gasteiger partial charge in [0.15, 0.2) is 16.4 Å². The first-order valence-corrected chi connectivity index (χ1v) is 14.1. The molecule has 1 unspecified atom stereocenters. The average molecular weight is 590 g/mol. The SMILES string of the molecule is Cc1c(F)cc(C(=N)/C(=C/C(=O)N[C@]2(C)CCC3C=C(OCC(F)(F)F)C=C[C@H]32)NC(=O)CS(C)(=O)=O)cc1F. The van der Waals surface area contributed by atoms with E-state index in [0.29, 0.717) is 12.8 Å². The van der Waals surface area contributed by atoms with Gasteiger partial charge in [-0.25, -0.2) is 17.2 Å². The first kappa shape index (κ1) is 31.0. The van der Waals surface area contributed by atoms with Gasteiger partial charge in [0, 0.05) is 34.9 Å². The Labute approximate surface area is 227 Å². The van der Waals surface area contributed by atoms with Crippen molar-refractivity contribution in [2.75, 3.05) is 18.6 Å². The molecular weight excluding hydrogens is 561 g/mol. The van der Waals surface area contributed by atoms with E-state index < -0.39 is 68.8 Å². The minimum Gasteiger partial charge on any atom is -0.484 e. The van der Waals surface area contributed by atoms with E-state index in [4.69, 9.17) is 10.1 Å². The molecule has 1 aromatic rings. The molecule has 0 spiro atoms. The lowest BCUT2D eigenvalue weighted by molar-refractivity contribution is -0.164. The minimum atomic E-state index is -4.49. The number of carbonyl (C=O) groups is 2. The second-order valence-electron chi connectivity index (χ2n) is 10.1. The Morgan fingerprint density at radius 3 is 2.42 bits per heavy atom. The minimum absolute atomic E-state index is 0.0657. The lowest BCUT2D eigenvalue weighted by Gasteiger charge is -2.34. The third-order valence-corrected chi connectivity index (χ3v) is 7.42. The summed E-state index contributed by atoms with van der Waals surface area (Å²) in [5.74, 6) is -5.24. The highest BCUT2D eigenvalue weighted by Gasteiger charge is 2.45. The third kappa shape index (κ3) is 7.99. The fourth-order valence-electron chi connectivity index (χ4n) is 4.69. The molecule has 2 aliphatic carbocycles. The van der Waals surface area contributed by atoms with Gasteiger partial charge in [-0.05, 0) is 56.9 Å². The van der Waals surface area contributed by atoms with Crippen LogP contribution in [0.3, 0.4) is 0 Å². The molecule has 2 amide bonds. The van der Waals surface area contributed by atoms with Gasteiger partial charge in [-0.3, -0.25) is 15.0 Å². The van der Waals surface area contributed by atoms with Gasteiger partial charge in [-0.2, -0.15) is 13.2 Å². The molecule has 0 bridgehead atoms. The predicted molar refractivity (Wildman–Crippen MR) is 136 cm³/mol. The molecule has 8 nitrogen and oxygen atoms in total. The van der Waals surface area contributed by atoms with Crippen molar-refractivity contribution in [3.63, 3.8) is 0 Å². The standard InChI is InChI=1S/C26H28F5N3O5S/c1-14-19(27)9-16(10-20(14)28)24(32)21(33-23(36)12-40(3,37)38)11-22(35)34-25(2)7-6-15-8-17(4-5-18(15)25)39-13-26(29,30)31/h4-5,8-11,15,18,32H,6-7,12-13H2,1-3H3,(H,33,36)(H,34,35)/b21-11-,32-24?/t15?,18-,25-/m1/s1. The molecule has 0 aromatic heterocycles. The van der Waals surface area contributed by atoms with Gasteiger partial charge in [0.05, 0.1) is 11.4 Å². The molecule has 0 saturated heterocycles. The van der Waals surface area contributed by atoms with E-state index in [-0.39, 0.29) is 28.7 Å². The Morgan fingerprint density at radius 2 is 1.85 bits per heavy atom. The summed E-state index contributed by atoms with van der Waals surface area (Å²) in [5.41, 5.74) is -2.62. The lowest BCUT2D eigenvalue weighted by atomic mass is 9.81. The number of hydrogen-bond acceptors (Lipinski definition) is 6. The van der Waals surface area contributed by atoms with Gasteiger partial charge in [0.2, 0.25) is 11.8 Å². The Morgan fingerprint density at radius 1 is 1.23 bits per heavy atom. The fourth-order valence-corrected chi connectivity index (χ4v) is 5.24. The highest BCUT2D eigenvalue weighted by Crippen LogP contribution is 2.44. The van der Waals surface area contributed by atoms with Crippen molar-refractivity contribution in [3.05, 3.63) is 70.7 Å². The molecule has 218 valence electrons. The van der Waals surface area contributed by atoms with Crippen LogP contribution in [0.4, 0.5) is 22.0 Å². The van der Waals surface area contributed by atoms with Gasteiger partial charge >= 0.3 is 6.18 Å². The van der Waals surface area contributed by atoms with Crippen LogP contribution in [0.25, 0.3) is 0 Å². The molecule has 0 heterocycles. The Bertz CT molecular complexity index is 1390. The number of sulfone groups is 1. The number of fused-ring (bicyclic) bond motifs is 1. The van der Waals surface area contributed by atoms with Crippen molar-refractivity contribution in [3.8, 4) is 0 Å². The van der Waals surface area contributed by atoms with Crippen molar-refractivity contribution in [2.45, 2.75) is 38.4 Å². The topological polar surface area (TPSA) is 125 Å². The number of nitrogens with one attached hydrogen (secondary N) is 3. The van der Waals surface area contributed by atoms with Crippen molar-refractivity contribution >= 4 is 27.4 Å². The fraction of sp³-hybridized carbons (Fsp3) is 0.423. The smallest absolute Gasteiger partial charge is 0.422 e. The summed E-state index contributed by atoms with van der Waals surface area (Å²) in [6, 6.07) is 1.69. The zero-order valence-electron chi connectivity index (χ0n) is 21.8. The summed E-state index contributed by atoms with van der Waals surface area (Å²) in [4.78, 5) is 25.4. The summed E-state index contributed by atoms with van der Waals surface area (Å²) in [7, 11) is -3.78. The van der Waals surface area contributed by atoms with Crippen LogP contribution in [0.15, 0.2) is 47.9 Å². The van der Waals surface area contributed by atoms with Gasteiger partial charge in [0.25, 0.3) is 0 Å². The summed E-state index contributed by atoms with van der Waals surface area (Å²) >= 11 is 0. The molecule has 14 heteroatoms. The lowest BCUT2D eigenvalue weighted by Crippen LogP contribution is -2.49. The van der Waals surface area contributed by atoms with Gasteiger partial charge in [0.1, 0.15) is 23.1 Å². The number of ether oxygens (including phenoxy) is 1. The second-order valence-corrected chi connectivity index (χ2v) is 12.2. The van der Waals surface area contributed by atoms with Crippen molar-refractivity contribution in [1.29, 1.82) is 5.41 Å². The molecule has 1 aromatic carbocycles. The van der Waals surface area contributed by atoms with Gasteiger partial charge in [-0.15, -0.1) is 0 Å². The van der Waals surface area contributed by atoms with E-state index in [1.807, 2.05) is 0 Å². The molecule has 3 rings (SSSR count). The molecule has 1 fully saturated rings. The summed E-state index contributed by atoms with van der Waals surface area (Å²) in [6.45, 7) is 1.47. The molecule has 0 radical (unpaired) electrons. The first-order chi connectivity index (χ1) is 18.4. The number of hydrogen-bond donors (Lipinski definition) is 3. The molecule has 40 heavy (non-hydrogen) atoms. The van der Waals surface area contributed by atoms with E-state index in [1.165, 1.54) is 13.0 Å². The first-order valence-electron chi connectivity index (χ1n) is 12.0. The number of halogens is 5. The number of carbonyl (C=O) groups excluding carboxylic acids is 2. The van der Waals surface area contributed by atoms with Crippen LogP contribution < -0.4 is 10.6 Å². The molecular formula is C26H28F5N3O5S. The second kappa shape index (κ2) is 11.5. The van der Waals surface area contributed by atoms with Crippen molar-refractivity contribution in [1.82, 2.24) is 10.6 Å². The van der Waals surface area contributed by atoms with Crippen molar-refractivity contribution in [2.24, 2.45) is 11.8 Å². The molecule has 3 N–H and O–H groups in total. The maximum Gasteiger partial charge on any atom is 0.422 e. The highest BCUT2D eigenvalue weighted by molar-refractivity contribution is 7.91. The summed E-state index contributed by atoms with van der Waals surface area (Å²) < 4.78 is 93.7. The third-order valence-electron chi connectivity index (χ3n) is 6.63. The Balaban J connectivity index is 1.83. The molecule has 3 atom stereocenters. The number of allylic oxidation sites excluding steroid dienone is 3. The zero-order valence-corrected chi connectivity index (χ0v) is 22.6. The Hall–Kier alpha value is -3.55. The molecule has 0 aliphatic heterocycles. The van der Waals surface area contributed by atoms with Crippen LogP contribution in [0.5, 0.6) is 0 Å². The molecule has 1 saturated carbocycles. The van der Waals surface area contributed by atoms with Crippen LogP contribution >= 0.6 is 0 Å². The highest BCUT2D eigenvalue weighted by atomic mass is 32.2. The molecule has 2 aliphatic rings. The van der Waals surface area contributed by atoms with E-state index in [0.717, 1.165) is 24.5 Å². The average Bonchev–Trinajstić information content (AvgIpc) is 3.13. The normalized spacial score (nSPS) is 22.8. The Kier molecular flexibility index (Phi) is 8.92. The van der Waals surface area contributed by atoms with E-state index >= 15 is 0 Å². The summed E-state index contributed by atoms with van der Waals surface area (Å²) in [5, 5.41) is 13.3. The van der Waals surface area contributed by atoms with Crippen LogP contribution in [0.1, 0.15) is 30.9 Å². The van der Waals surface area contributed by atoms with Gasteiger partial charge in [-0.1, -0.05) is 6.08 Å². The number of amides is 2. The number of alkyl halides is 3. The largest absolute Gasteiger partial charge is 0.484 e. The van der Waals surface area contributed by atoms with Crippen LogP contribution in [0.2, 0.25) is 0 Å². The predicted octanol–water partition coefficient (Wildman–Crippen LogP) is 3.62. The van der Waals surface area contributed by atoms with Crippen molar-refractivity contribution < 1.29 is 44.7 Å². The zero-order chi connectivity index (χ0) is 30.0. The van der Waals surface area contributed by atoms with E-state index in [1.54, 1.807) is 19.1 Å². The maximum absolute atomic E-state index is 14.1. The van der Waals surface area contributed by atoms with E-state index in [2.05, 4.69) is 10.6 Å². The maximum atomic E-state index is 14.1. The summed E-state index contributed by atoms with van der Waals surface area (Å²) in [6.07, 6.45) is 2.68. The van der Waals surface area contributed by atoms with Crippen LogP contribution in [-0.4, -0.2) is 56.3 Å². The number of rotatable bonds is 9.